The summed E-state index contributed by atoms with van der Waals surface area (Å²) < 4.78 is 0. The number of amides is 15. The predicted octanol–water partition coefficient (Wildman–Crippen LogP) is -0.981. The molecule has 2 aromatic carbocycles. The number of ketones is 2. The summed E-state index contributed by atoms with van der Waals surface area (Å²) in [5.41, 5.74) is 20.8. The standard InChI is InChI=1S/C86H124N22O18S2/c1-10-12-26-67-79(120)98-60(25-19-29-92-86(89)90)70(111)36-54(75(116)94-41-72(88)113)44-127-46-73(114)97-63(32-51-21-15-14-16-22-51)82(123)105(7)50(5)74(115)100-65(38-71(87)112)84(125)108-30-20-28-68(108)80(121)99-61(37-55-40-91-47-95-55)77(118)101-62(31-49(3)4)81(122)104(6)42-57(110)34-52(33-56-45-128-48-96-56)76(117)103-66(43-109)78(119)102-64(35-53-39-93-59-24-18-17-23-58(53)59)83(124)107(9)69(27-13-11-2)85(126)106(67)8/h14-18,21-24,39-40,45,47-50,52,54,60-69,93,109H,10-13,19-20,25-38,41-44,46H2,1-9H3,(H2,87,112)(H2,88,113)(H,91,95)(H,94,116)(H,97,114)(H,98,120)(H,99,121)(H,100,115)(H,101,118)(H,102,119)(H,103,117)(H4,89,90,92)/t50-,52+,54-,60-,61-,62-,63-,64-,65-,66-,67-,68-,69-/m0/s1. The molecule has 0 spiro atoms. The number of rotatable bonds is 26. The molecule has 5 aromatic rings. The second-order valence-electron chi connectivity index (χ2n) is 32.9. The molecule has 13 atom stereocenters. The number of fused-ring (bicyclic) bond motifs is 2. The lowest BCUT2D eigenvalue weighted by molar-refractivity contribution is -0.149. The zero-order valence-corrected chi connectivity index (χ0v) is 75.5. The van der Waals surface area contributed by atoms with Gasteiger partial charge in [0, 0.05) is 120 Å². The van der Waals surface area contributed by atoms with Crippen molar-refractivity contribution in [1.82, 2.24) is 92.3 Å². The van der Waals surface area contributed by atoms with E-state index in [-0.39, 0.29) is 95.4 Å². The van der Waals surface area contributed by atoms with Crippen molar-refractivity contribution in [2.75, 3.05) is 72.5 Å². The van der Waals surface area contributed by atoms with Crippen molar-refractivity contribution in [1.29, 1.82) is 5.41 Å². The zero-order valence-electron chi connectivity index (χ0n) is 73.9. The Morgan fingerprint density at radius 2 is 1.26 bits per heavy atom. The molecule has 15 amide bonds. The van der Waals surface area contributed by atoms with Gasteiger partial charge in [-0.1, -0.05) is 102 Å². The van der Waals surface area contributed by atoms with E-state index >= 15 is 19.2 Å². The SMILES string of the molecule is CCCC[C@H]1C(=O)N(C)[C@@H](CCCC)C(=O)N[C@@H](CCCNC(=N)N)C(=O)C[C@H](C(=O)NCC(N)=O)CSCC(=O)N[C@@H](Cc2ccccc2)C(=O)N(C)[C@@H](C)C(=O)N[C@@H](CC(N)=O)C(=O)N2CCC[C@H]2C(=O)N[C@@H](Cc2cnc[nH]2)C(=O)N[C@@H](CC(C)C)C(=O)N(C)CC(=O)C[C@@H](Cc2cscn2)C(=O)N[C@@H](CO)C(=O)N[C@@H](Cc2c[nH]c3ccccc23)C(=O)N1C. The van der Waals surface area contributed by atoms with Gasteiger partial charge in [0.2, 0.25) is 88.6 Å². The molecule has 698 valence electrons. The largest absolute Gasteiger partial charge is 0.394 e. The number of hydrogen-bond acceptors (Lipinski definition) is 23. The van der Waals surface area contributed by atoms with E-state index in [0.29, 0.717) is 59.1 Å². The van der Waals surface area contributed by atoms with E-state index in [1.54, 1.807) is 80.0 Å². The Bertz CT molecular complexity index is 4670. The van der Waals surface area contributed by atoms with Gasteiger partial charge >= 0.3 is 0 Å². The highest BCUT2D eigenvalue weighted by Crippen LogP contribution is 2.26. The molecular formula is C86H124N22O18S2. The molecule has 2 saturated heterocycles. The van der Waals surface area contributed by atoms with Crippen molar-refractivity contribution in [3.63, 3.8) is 0 Å². The number of unbranched alkanes of at least 4 members (excludes halogenated alkanes) is 2. The molecule has 128 heavy (non-hydrogen) atoms. The number of para-hydroxylation sites is 1. The number of nitrogens with zero attached hydrogens (tertiary/aromatic N) is 7. The first-order valence-corrected chi connectivity index (χ1v) is 45.1. The molecule has 5 heterocycles. The average Bonchev–Trinajstić information content (AvgIpc) is 1.46. The number of benzene rings is 2. The zero-order chi connectivity index (χ0) is 94.0. The first-order chi connectivity index (χ1) is 60.9. The van der Waals surface area contributed by atoms with Gasteiger partial charge in [0.25, 0.3) is 0 Å². The average molecular weight is 1820 g/mol. The maximum absolute atomic E-state index is 15.6. The topological polar surface area (TPSA) is 594 Å². The highest BCUT2D eigenvalue weighted by molar-refractivity contribution is 7.99. The molecule has 40 nitrogen and oxygen atoms in total. The molecule has 3 aromatic heterocycles. The number of aromatic nitrogens is 4. The number of aliphatic hydroxyl groups is 1. The first kappa shape index (κ1) is 103. The van der Waals surface area contributed by atoms with E-state index in [9.17, 15) is 67.4 Å². The molecule has 0 bridgehead atoms. The van der Waals surface area contributed by atoms with Crippen LogP contribution in [0.1, 0.15) is 147 Å². The van der Waals surface area contributed by atoms with Crippen LogP contribution in [-0.2, 0) is 107 Å². The van der Waals surface area contributed by atoms with E-state index in [0.717, 1.165) is 31.4 Å². The summed E-state index contributed by atoms with van der Waals surface area (Å²) in [5.74, 6) is -18.6. The quantitative estimate of drug-likeness (QED) is 0.0180. The van der Waals surface area contributed by atoms with E-state index in [2.05, 4.69) is 67.8 Å². The second kappa shape index (κ2) is 51.0. The molecule has 2 aliphatic rings. The smallest absolute Gasteiger partial charge is 0.246 e. The first-order valence-electron chi connectivity index (χ1n) is 43.0. The summed E-state index contributed by atoms with van der Waals surface area (Å²) >= 11 is 2.06. The molecule has 7 rings (SSSR count). The summed E-state index contributed by atoms with van der Waals surface area (Å²) in [6, 6.07) is -0.553. The Morgan fingerprint density at radius 1 is 0.625 bits per heavy atom. The fourth-order valence-corrected chi connectivity index (χ4v) is 16.8. The number of thioether (sulfide) groups is 1. The summed E-state index contributed by atoms with van der Waals surface area (Å²) in [4.78, 5) is 267. The van der Waals surface area contributed by atoms with Gasteiger partial charge in [0.1, 0.15) is 60.4 Å². The number of thiazole rings is 1. The summed E-state index contributed by atoms with van der Waals surface area (Å²) in [7, 11) is 5.32. The summed E-state index contributed by atoms with van der Waals surface area (Å²) in [6.07, 6.45) is 3.62. The number of imidazole rings is 1. The van der Waals surface area contributed by atoms with Gasteiger partial charge in [-0.15, -0.1) is 11.3 Å². The Kier molecular flexibility index (Phi) is 40.9. The van der Waals surface area contributed by atoms with Crippen molar-refractivity contribution >= 4 is 140 Å². The molecule has 0 saturated carbocycles. The minimum absolute atomic E-state index is 0.000260. The van der Waals surface area contributed by atoms with Crippen molar-refractivity contribution in [3.8, 4) is 0 Å². The van der Waals surface area contributed by atoms with Crippen LogP contribution in [0.4, 0.5) is 0 Å². The molecular weight excluding hydrogens is 1690 g/mol. The number of primary amides is 2. The third-order valence-electron chi connectivity index (χ3n) is 22.5. The Morgan fingerprint density at radius 3 is 1.91 bits per heavy atom. The fraction of sp³-hybridized carbons (Fsp3) is 0.558. The van der Waals surface area contributed by atoms with Crippen molar-refractivity contribution in [3.05, 3.63) is 107 Å². The van der Waals surface area contributed by atoms with Crippen molar-refractivity contribution in [2.24, 2.45) is 35.0 Å². The number of nitrogens with two attached hydrogens (primary N) is 3. The number of guanidine groups is 1. The maximum atomic E-state index is 15.6. The van der Waals surface area contributed by atoms with Crippen LogP contribution in [0.15, 0.2) is 84.2 Å². The van der Waals surface area contributed by atoms with Crippen LogP contribution in [-0.4, -0.2) is 295 Å². The molecule has 42 heteroatoms. The number of likely N-dealkylation sites (N-methyl/N-ethyl adjacent to an activating group) is 4. The molecule has 0 aliphatic carbocycles. The van der Waals surface area contributed by atoms with Crippen LogP contribution < -0.4 is 65.1 Å². The number of aromatic amines is 2. The van der Waals surface area contributed by atoms with E-state index in [4.69, 9.17) is 22.6 Å². The minimum atomic E-state index is -1.79. The molecule has 2 fully saturated rings. The van der Waals surface area contributed by atoms with Gasteiger partial charge in [0.05, 0.1) is 67.3 Å². The van der Waals surface area contributed by atoms with Crippen molar-refractivity contribution < 1.29 is 86.6 Å². The molecule has 2 aliphatic heterocycles. The van der Waals surface area contributed by atoms with Crippen molar-refractivity contribution in [2.45, 2.75) is 217 Å². The van der Waals surface area contributed by atoms with Crippen LogP contribution in [0.25, 0.3) is 10.9 Å². The van der Waals surface area contributed by atoms with Crippen LogP contribution in [0.3, 0.4) is 0 Å². The summed E-state index contributed by atoms with van der Waals surface area (Å²) in [6.45, 7) is 6.20. The number of carbonyl (C=O) groups is 17. The molecule has 0 unspecified atom stereocenters. The van der Waals surface area contributed by atoms with Crippen LogP contribution in [0.2, 0.25) is 0 Å². The lowest BCUT2D eigenvalue weighted by Gasteiger charge is -2.36. The monoisotopic (exact) mass is 1820 g/mol. The highest BCUT2D eigenvalue weighted by atomic mass is 32.2. The van der Waals surface area contributed by atoms with E-state index in [1.165, 1.54) is 69.4 Å². The number of carbonyl (C=O) groups excluding carboxylic acids is 17. The van der Waals surface area contributed by atoms with Gasteiger partial charge in [-0.2, -0.15) is 11.8 Å². The van der Waals surface area contributed by atoms with Gasteiger partial charge in [-0.05, 0) is 75.0 Å². The third-order valence-corrected chi connectivity index (χ3v) is 24.2. The van der Waals surface area contributed by atoms with Gasteiger partial charge in [0.15, 0.2) is 17.5 Å². The van der Waals surface area contributed by atoms with Gasteiger partial charge in [-0.3, -0.25) is 86.9 Å². The Balaban J connectivity index is 1.28. The van der Waals surface area contributed by atoms with Crippen LogP contribution >= 0.6 is 23.1 Å². The van der Waals surface area contributed by atoms with Crippen LogP contribution in [0, 0.1) is 23.2 Å². The Labute approximate surface area is 751 Å². The molecule has 0 radical (unpaired) electrons. The fourth-order valence-electron chi connectivity index (χ4n) is 15.3. The Hall–Kier alpha value is -12.2. The van der Waals surface area contributed by atoms with Gasteiger partial charge in [-0.25, -0.2) is 9.97 Å². The van der Waals surface area contributed by atoms with E-state index in [1.807, 2.05) is 13.8 Å². The second-order valence-corrected chi connectivity index (χ2v) is 34.6. The minimum Gasteiger partial charge on any atom is -0.394 e. The number of aliphatic hydroxyl groups excluding tert-OH is 1. The predicted molar refractivity (Wildman–Crippen MR) is 476 cm³/mol. The maximum Gasteiger partial charge on any atom is 0.246 e. The normalized spacial score (nSPS) is 24.0. The lowest BCUT2D eigenvalue weighted by atomic mass is 9.95. The number of H-pyrrole nitrogens is 2. The van der Waals surface area contributed by atoms with Gasteiger partial charge < -0.3 is 105 Å². The number of nitrogens with one attached hydrogen (secondary N) is 12. The lowest BCUT2D eigenvalue weighted by Crippen LogP contribution is -2.60. The van der Waals surface area contributed by atoms with E-state index < -0.39 is 229 Å². The number of Topliss-reactive ketones (excluding diaryl/α,β-unsaturated/α-hetero) is 2. The highest BCUT2D eigenvalue weighted by Gasteiger charge is 2.44. The molecule has 19 N–H and O–H groups in total. The summed E-state index contributed by atoms with van der Waals surface area (Å²) in [5, 5.41) is 45.1. The third kappa shape index (κ3) is 31.1. The number of hydrogen-bond donors (Lipinski definition) is 16. The van der Waals surface area contributed by atoms with Crippen LogP contribution in [0.5, 0.6) is 0 Å².